The summed E-state index contributed by atoms with van der Waals surface area (Å²) in [4.78, 5) is 12.1. The van der Waals surface area contributed by atoms with Gasteiger partial charge in [0.2, 0.25) is 0 Å². The van der Waals surface area contributed by atoms with Crippen molar-refractivity contribution in [3.05, 3.63) is 41.5 Å². The van der Waals surface area contributed by atoms with Gasteiger partial charge >= 0.3 is 5.97 Å². The van der Waals surface area contributed by atoms with Gasteiger partial charge in [0.25, 0.3) is 0 Å². The second kappa shape index (κ2) is 9.71. The van der Waals surface area contributed by atoms with Gasteiger partial charge in [0.05, 0.1) is 6.10 Å². The van der Waals surface area contributed by atoms with Gasteiger partial charge in [-0.2, -0.15) is 0 Å². The maximum absolute atomic E-state index is 12.1. The van der Waals surface area contributed by atoms with E-state index >= 15 is 0 Å². The zero-order chi connectivity index (χ0) is 21.7. The van der Waals surface area contributed by atoms with E-state index in [2.05, 4.69) is 6.92 Å². The van der Waals surface area contributed by atoms with Crippen LogP contribution >= 0.6 is 0 Å². The maximum atomic E-state index is 12.1. The molecule has 0 bridgehead atoms. The Morgan fingerprint density at radius 3 is 2.53 bits per heavy atom. The van der Waals surface area contributed by atoms with Crippen molar-refractivity contribution in [2.45, 2.75) is 64.1 Å². The summed E-state index contributed by atoms with van der Waals surface area (Å²) in [5, 5.41) is 40.0. The summed E-state index contributed by atoms with van der Waals surface area (Å²) in [5.74, 6) is -0.618. The molecule has 0 aliphatic carbocycles. The molecule has 162 valence electrons. The van der Waals surface area contributed by atoms with Crippen LogP contribution in [0.1, 0.15) is 62.7 Å². The van der Waals surface area contributed by atoms with Crippen molar-refractivity contribution < 1.29 is 34.7 Å². The van der Waals surface area contributed by atoms with Gasteiger partial charge in [-0.05, 0) is 24.1 Å². The predicted octanol–water partition coefficient (Wildman–Crippen LogP) is 4.11. The van der Waals surface area contributed by atoms with E-state index in [4.69, 9.17) is 9.47 Å². The SMILES string of the molecule is CCCCCCCC(=O)Oc1cc(O)c2c(c1)OC(c1ccc(O)c(O)c1)C(O)C2. The first-order chi connectivity index (χ1) is 14.4. The lowest BCUT2D eigenvalue weighted by Gasteiger charge is -2.31. The van der Waals surface area contributed by atoms with Crippen molar-refractivity contribution in [1.29, 1.82) is 0 Å². The minimum absolute atomic E-state index is 0.121. The molecule has 2 aromatic rings. The number of esters is 1. The molecule has 0 saturated heterocycles. The number of ether oxygens (including phenoxy) is 2. The van der Waals surface area contributed by atoms with Crippen molar-refractivity contribution in [2.75, 3.05) is 0 Å². The number of aliphatic hydroxyl groups excluding tert-OH is 1. The number of aliphatic hydroxyl groups is 1. The molecule has 2 atom stereocenters. The summed E-state index contributed by atoms with van der Waals surface area (Å²) < 4.78 is 11.2. The van der Waals surface area contributed by atoms with E-state index in [0.29, 0.717) is 23.3 Å². The van der Waals surface area contributed by atoms with Crippen LogP contribution in [0.15, 0.2) is 30.3 Å². The highest BCUT2D eigenvalue weighted by Gasteiger charge is 2.32. The van der Waals surface area contributed by atoms with Crippen molar-refractivity contribution in [3.63, 3.8) is 0 Å². The summed E-state index contributed by atoms with van der Waals surface area (Å²) in [6.45, 7) is 2.13. The van der Waals surface area contributed by atoms with Crippen LogP contribution in [0.25, 0.3) is 0 Å². The van der Waals surface area contributed by atoms with Gasteiger partial charge in [-0.1, -0.05) is 38.7 Å². The molecule has 0 fully saturated rings. The summed E-state index contributed by atoms with van der Waals surface area (Å²) in [6, 6.07) is 7.03. The molecule has 3 rings (SSSR count). The van der Waals surface area contributed by atoms with Crippen molar-refractivity contribution in [2.24, 2.45) is 0 Å². The molecule has 7 heteroatoms. The molecule has 1 aliphatic heterocycles. The van der Waals surface area contributed by atoms with Crippen molar-refractivity contribution >= 4 is 5.97 Å². The van der Waals surface area contributed by atoms with E-state index in [9.17, 15) is 25.2 Å². The minimum Gasteiger partial charge on any atom is -0.507 e. The van der Waals surface area contributed by atoms with E-state index in [1.807, 2.05) is 0 Å². The number of unbranched alkanes of at least 4 members (excludes halogenated alkanes) is 4. The molecule has 4 N–H and O–H groups in total. The van der Waals surface area contributed by atoms with Gasteiger partial charge in [-0.15, -0.1) is 0 Å². The summed E-state index contributed by atoms with van der Waals surface area (Å²) in [6.07, 6.45) is 3.75. The third kappa shape index (κ3) is 5.16. The predicted molar refractivity (Wildman–Crippen MR) is 110 cm³/mol. The van der Waals surface area contributed by atoms with Crippen LogP contribution in [-0.4, -0.2) is 32.5 Å². The molecule has 1 heterocycles. The Morgan fingerprint density at radius 1 is 1.03 bits per heavy atom. The number of phenolic OH excluding ortho intramolecular Hbond substituents is 3. The Morgan fingerprint density at radius 2 is 1.80 bits per heavy atom. The first kappa shape index (κ1) is 21.8. The average molecular weight is 416 g/mol. The highest BCUT2D eigenvalue weighted by molar-refractivity contribution is 5.73. The smallest absolute Gasteiger partial charge is 0.311 e. The van der Waals surface area contributed by atoms with Gasteiger partial charge in [-0.25, -0.2) is 0 Å². The highest BCUT2D eigenvalue weighted by Crippen LogP contribution is 2.43. The normalized spacial score (nSPS) is 17.8. The number of carbonyl (C=O) groups excluding carboxylic acids is 1. The summed E-state index contributed by atoms with van der Waals surface area (Å²) in [7, 11) is 0. The quantitative estimate of drug-likeness (QED) is 0.221. The van der Waals surface area contributed by atoms with Crippen LogP contribution in [0.5, 0.6) is 28.7 Å². The molecule has 30 heavy (non-hydrogen) atoms. The van der Waals surface area contributed by atoms with E-state index < -0.39 is 12.2 Å². The maximum Gasteiger partial charge on any atom is 0.311 e. The van der Waals surface area contributed by atoms with Gasteiger partial charge in [0, 0.05) is 30.5 Å². The largest absolute Gasteiger partial charge is 0.507 e. The molecule has 0 saturated carbocycles. The first-order valence-corrected chi connectivity index (χ1v) is 10.3. The number of benzene rings is 2. The lowest BCUT2D eigenvalue weighted by atomic mass is 9.94. The Bertz CT molecular complexity index is 893. The zero-order valence-corrected chi connectivity index (χ0v) is 17.0. The fourth-order valence-corrected chi connectivity index (χ4v) is 3.57. The lowest BCUT2D eigenvalue weighted by molar-refractivity contribution is -0.134. The second-order valence-electron chi connectivity index (χ2n) is 7.62. The first-order valence-electron chi connectivity index (χ1n) is 10.3. The third-order valence-corrected chi connectivity index (χ3v) is 5.22. The van der Waals surface area contributed by atoms with E-state index in [-0.39, 0.29) is 35.4 Å². The van der Waals surface area contributed by atoms with Crippen LogP contribution in [0.4, 0.5) is 0 Å². The number of aromatic hydroxyl groups is 3. The molecular formula is C23H28O7. The number of phenols is 3. The van der Waals surface area contributed by atoms with Crippen molar-refractivity contribution in [3.8, 4) is 28.7 Å². The van der Waals surface area contributed by atoms with Gasteiger partial charge in [0.15, 0.2) is 11.5 Å². The number of hydrogen-bond acceptors (Lipinski definition) is 7. The number of rotatable bonds is 8. The van der Waals surface area contributed by atoms with Crippen LogP contribution in [0, 0.1) is 0 Å². The van der Waals surface area contributed by atoms with Crippen LogP contribution in [0.3, 0.4) is 0 Å². The zero-order valence-electron chi connectivity index (χ0n) is 17.0. The molecule has 2 unspecified atom stereocenters. The molecular weight excluding hydrogens is 388 g/mol. The molecule has 7 nitrogen and oxygen atoms in total. The molecule has 2 aromatic carbocycles. The van der Waals surface area contributed by atoms with Crippen molar-refractivity contribution in [1.82, 2.24) is 0 Å². The topological polar surface area (TPSA) is 116 Å². The molecule has 0 radical (unpaired) electrons. The van der Waals surface area contributed by atoms with E-state index in [1.54, 1.807) is 0 Å². The van der Waals surface area contributed by atoms with Gasteiger partial charge < -0.3 is 29.9 Å². The van der Waals surface area contributed by atoms with E-state index in [0.717, 1.165) is 32.1 Å². The molecule has 0 spiro atoms. The van der Waals surface area contributed by atoms with Crippen LogP contribution < -0.4 is 9.47 Å². The lowest BCUT2D eigenvalue weighted by Crippen LogP contribution is -2.30. The third-order valence-electron chi connectivity index (χ3n) is 5.22. The monoisotopic (exact) mass is 416 g/mol. The van der Waals surface area contributed by atoms with Gasteiger partial charge in [-0.3, -0.25) is 4.79 Å². The molecule has 0 aromatic heterocycles. The van der Waals surface area contributed by atoms with Crippen LogP contribution in [0.2, 0.25) is 0 Å². The Labute approximate surface area is 175 Å². The standard InChI is InChI=1S/C23H28O7/c1-2-3-4-5-6-7-22(28)29-15-11-18(25)16-13-20(27)23(30-21(16)12-15)14-8-9-17(24)19(26)10-14/h8-12,20,23-27H,2-7,13H2,1H3. The Balaban J connectivity index is 1.70. The molecule has 1 aliphatic rings. The van der Waals surface area contributed by atoms with Gasteiger partial charge in [0.1, 0.15) is 23.4 Å². The Kier molecular flexibility index (Phi) is 7.05. The summed E-state index contributed by atoms with van der Waals surface area (Å²) >= 11 is 0. The highest BCUT2D eigenvalue weighted by atomic mass is 16.5. The number of fused-ring (bicyclic) bond motifs is 1. The number of hydrogen-bond donors (Lipinski definition) is 4. The minimum atomic E-state index is -0.969. The summed E-state index contributed by atoms with van der Waals surface area (Å²) in [5.41, 5.74) is 0.888. The fourth-order valence-electron chi connectivity index (χ4n) is 3.57. The molecule has 0 amide bonds. The Hall–Kier alpha value is -2.93. The second-order valence-corrected chi connectivity index (χ2v) is 7.62. The fraction of sp³-hybridized carbons (Fsp3) is 0.435. The van der Waals surface area contributed by atoms with Crippen LogP contribution in [-0.2, 0) is 11.2 Å². The van der Waals surface area contributed by atoms with E-state index in [1.165, 1.54) is 30.3 Å². The average Bonchev–Trinajstić information content (AvgIpc) is 2.70. The number of carbonyl (C=O) groups is 1.